The van der Waals surface area contributed by atoms with Crippen LogP contribution in [0, 0.1) is 0 Å². The minimum atomic E-state index is 0.0278. The van der Waals surface area contributed by atoms with Gasteiger partial charge in [0.1, 0.15) is 0 Å². The second kappa shape index (κ2) is 11.2. The number of hydrogen-bond donors (Lipinski definition) is 3. The Balaban J connectivity index is 2.55. The quantitative estimate of drug-likeness (QED) is 0.470. The molecule has 1 aromatic carbocycles. The Bertz CT molecular complexity index is 575. The minimum absolute atomic E-state index is 0.0278. The Hall–Kier alpha value is -2.44. The number of nitrogens with zero attached hydrogens (tertiary/aromatic N) is 1. The summed E-state index contributed by atoms with van der Waals surface area (Å²) in [6.45, 7) is 7.03. The first-order chi connectivity index (χ1) is 12.0. The van der Waals surface area contributed by atoms with Crippen LogP contribution < -0.4 is 25.4 Å². The number of nitrogens with one attached hydrogen (secondary N) is 3. The predicted molar refractivity (Wildman–Crippen MR) is 102 cm³/mol. The first-order valence-electron chi connectivity index (χ1n) is 8.61. The lowest BCUT2D eigenvalue weighted by atomic mass is 10.2. The fraction of sp³-hybridized carbons (Fsp3) is 0.556. The lowest BCUT2D eigenvalue weighted by Gasteiger charge is -2.15. The average Bonchev–Trinajstić information content (AvgIpc) is 2.61. The van der Waals surface area contributed by atoms with E-state index < -0.39 is 0 Å². The molecule has 1 rings (SSSR count). The fourth-order valence-corrected chi connectivity index (χ4v) is 2.08. The van der Waals surface area contributed by atoms with Gasteiger partial charge < -0.3 is 25.4 Å². The van der Waals surface area contributed by atoms with Crippen molar-refractivity contribution in [2.45, 2.75) is 39.7 Å². The molecule has 7 nitrogen and oxygen atoms in total. The Kier molecular flexibility index (Phi) is 9.21. The van der Waals surface area contributed by atoms with Crippen molar-refractivity contribution in [1.82, 2.24) is 10.6 Å². The Morgan fingerprint density at radius 1 is 1.28 bits per heavy atom. The zero-order valence-corrected chi connectivity index (χ0v) is 15.8. The first-order valence-corrected chi connectivity index (χ1v) is 8.61. The largest absolute Gasteiger partial charge is 0.493 e. The molecule has 0 spiro atoms. The summed E-state index contributed by atoms with van der Waals surface area (Å²) in [5, 5.41) is 9.23. The minimum Gasteiger partial charge on any atom is -0.493 e. The maximum absolute atomic E-state index is 11.8. The molecule has 1 amide bonds. The van der Waals surface area contributed by atoms with Gasteiger partial charge in [-0.3, -0.25) is 9.79 Å². The average molecular weight is 350 g/mol. The number of carbonyl (C=O) groups excluding carboxylic acids is 1. The van der Waals surface area contributed by atoms with E-state index in [0.29, 0.717) is 37.0 Å². The van der Waals surface area contributed by atoms with Crippen LogP contribution in [0.15, 0.2) is 23.2 Å². The maximum atomic E-state index is 11.8. The van der Waals surface area contributed by atoms with Crippen molar-refractivity contribution >= 4 is 17.6 Å². The summed E-state index contributed by atoms with van der Waals surface area (Å²) >= 11 is 0. The lowest BCUT2D eigenvalue weighted by molar-refractivity contribution is -0.121. The van der Waals surface area contributed by atoms with E-state index in [1.165, 1.54) is 0 Å². The zero-order valence-electron chi connectivity index (χ0n) is 15.8. The second-order valence-electron chi connectivity index (χ2n) is 5.55. The van der Waals surface area contributed by atoms with Crippen LogP contribution in [0.1, 0.15) is 33.6 Å². The van der Waals surface area contributed by atoms with E-state index in [1.807, 2.05) is 39.0 Å². The number of benzene rings is 1. The molecule has 3 N–H and O–H groups in total. The summed E-state index contributed by atoms with van der Waals surface area (Å²) in [5.74, 6) is 1.96. The van der Waals surface area contributed by atoms with E-state index in [2.05, 4.69) is 20.9 Å². The number of ether oxygens (including phenoxy) is 2. The molecule has 0 bridgehead atoms. The van der Waals surface area contributed by atoms with Gasteiger partial charge in [0.05, 0.1) is 13.7 Å². The number of aliphatic imine (C=N–C) groups is 1. The number of guanidine groups is 1. The summed E-state index contributed by atoms with van der Waals surface area (Å²) in [6, 6.07) is 5.77. The summed E-state index contributed by atoms with van der Waals surface area (Å²) in [7, 11) is 3.28. The number of methoxy groups -OCH3 is 1. The van der Waals surface area contributed by atoms with Gasteiger partial charge in [-0.25, -0.2) is 0 Å². The van der Waals surface area contributed by atoms with Gasteiger partial charge in [-0.1, -0.05) is 6.92 Å². The van der Waals surface area contributed by atoms with Gasteiger partial charge in [-0.15, -0.1) is 0 Å². The van der Waals surface area contributed by atoms with Gasteiger partial charge in [-0.05, 0) is 32.4 Å². The monoisotopic (exact) mass is 350 g/mol. The van der Waals surface area contributed by atoms with Crippen LogP contribution in [-0.4, -0.2) is 45.2 Å². The summed E-state index contributed by atoms with van der Waals surface area (Å²) < 4.78 is 10.8. The third kappa shape index (κ3) is 7.32. The third-order valence-corrected chi connectivity index (χ3v) is 3.61. The van der Waals surface area contributed by atoms with Crippen molar-refractivity contribution in [3.8, 4) is 11.5 Å². The first kappa shape index (κ1) is 20.6. The van der Waals surface area contributed by atoms with Crippen molar-refractivity contribution in [3.63, 3.8) is 0 Å². The number of rotatable bonds is 9. The van der Waals surface area contributed by atoms with E-state index in [4.69, 9.17) is 9.47 Å². The lowest BCUT2D eigenvalue weighted by Crippen LogP contribution is -2.37. The maximum Gasteiger partial charge on any atom is 0.221 e. The highest BCUT2D eigenvalue weighted by Gasteiger charge is 2.08. The van der Waals surface area contributed by atoms with Crippen LogP contribution in [-0.2, 0) is 4.79 Å². The van der Waals surface area contributed by atoms with Crippen LogP contribution in [0.4, 0.5) is 5.69 Å². The molecule has 0 fully saturated rings. The van der Waals surface area contributed by atoms with Crippen molar-refractivity contribution in [3.05, 3.63) is 18.2 Å². The molecule has 0 saturated heterocycles. The van der Waals surface area contributed by atoms with Crippen LogP contribution in [0.5, 0.6) is 11.5 Å². The fourth-order valence-electron chi connectivity index (χ4n) is 2.08. The molecule has 0 heterocycles. The number of hydrogen-bond acceptors (Lipinski definition) is 4. The SMILES string of the molecule is CCOc1ccc(NC(=NC)NCCC(=O)NC(C)CC)cc1OC. The zero-order chi connectivity index (χ0) is 18.7. The molecule has 1 atom stereocenters. The van der Waals surface area contributed by atoms with E-state index in [9.17, 15) is 4.79 Å². The van der Waals surface area contributed by atoms with Crippen molar-refractivity contribution in [1.29, 1.82) is 0 Å². The molecule has 1 unspecified atom stereocenters. The van der Waals surface area contributed by atoms with Crippen LogP contribution in [0.3, 0.4) is 0 Å². The van der Waals surface area contributed by atoms with Gasteiger partial charge in [-0.2, -0.15) is 0 Å². The van der Waals surface area contributed by atoms with Crippen LogP contribution >= 0.6 is 0 Å². The van der Waals surface area contributed by atoms with Crippen molar-refractivity contribution in [2.24, 2.45) is 4.99 Å². The summed E-state index contributed by atoms with van der Waals surface area (Å²) in [4.78, 5) is 15.9. The van der Waals surface area contributed by atoms with E-state index >= 15 is 0 Å². The summed E-state index contributed by atoms with van der Waals surface area (Å²) in [5.41, 5.74) is 0.817. The Morgan fingerprint density at radius 3 is 2.64 bits per heavy atom. The highest BCUT2D eigenvalue weighted by atomic mass is 16.5. The molecule has 25 heavy (non-hydrogen) atoms. The Labute approximate surface area is 150 Å². The molecule has 0 radical (unpaired) electrons. The summed E-state index contributed by atoms with van der Waals surface area (Å²) in [6.07, 6.45) is 1.31. The molecule has 0 aliphatic rings. The molecule has 0 aromatic heterocycles. The smallest absolute Gasteiger partial charge is 0.221 e. The molecule has 140 valence electrons. The van der Waals surface area contributed by atoms with Crippen LogP contribution in [0.25, 0.3) is 0 Å². The molecule has 0 aliphatic carbocycles. The standard InChI is InChI=1S/C18H30N4O3/c1-6-13(3)21-17(23)10-11-20-18(19-4)22-14-8-9-15(25-7-2)16(12-14)24-5/h8-9,12-13H,6-7,10-11H2,1-5H3,(H,21,23)(H2,19,20,22). The van der Waals surface area contributed by atoms with Crippen LogP contribution in [0.2, 0.25) is 0 Å². The molecule has 0 aliphatic heterocycles. The molecule has 1 aromatic rings. The highest BCUT2D eigenvalue weighted by molar-refractivity contribution is 5.94. The molecule has 0 saturated carbocycles. The highest BCUT2D eigenvalue weighted by Crippen LogP contribution is 2.30. The molecular weight excluding hydrogens is 320 g/mol. The second-order valence-corrected chi connectivity index (χ2v) is 5.55. The van der Waals surface area contributed by atoms with E-state index in [0.717, 1.165) is 12.1 Å². The van der Waals surface area contributed by atoms with Crippen molar-refractivity contribution in [2.75, 3.05) is 32.6 Å². The predicted octanol–water partition coefficient (Wildman–Crippen LogP) is 2.39. The van der Waals surface area contributed by atoms with E-state index in [-0.39, 0.29) is 11.9 Å². The van der Waals surface area contributed by atoms with Gasteiger partial charge in [0.25, 0.3) is 0 Å². The third-order valence-electron chi connectivity index (χ3n) is 3.61. The number of anilines is 1. The van der Waals surface area contributed by atoms with Gasteiger partial charge >= 0.3 is 0 Å². The van der Waals surface area contributed by atoms with Crippen molar-refractivity contribution < 1.29 is 14.3 Å². The topological polar surface area (TPSA) is 84.0 Å². The Morgan fingerprint density at radius 2 is 2.04 bits per heavy atom. The van der Waals surface area contributed by atoms with Gasteiger partial charge in [0.15, 0.2) is 17.5 Å². The number of amides is 1. The normalized spacial score (nSPS) is 12.3. The van der Waals surface area contributed by atoms with Gasteiger partial charge in [0, 0.05) is 37.8 Å². The molecular formula is C18H30N4O3. The van der Waals surface area contributed by atoms with E-state index in [1.54, 1.807) is 14.2 Å². The number of carbonyl (C=O) groups is 1. The van der Waals surface area contributed by atoms with Gasteiger partial charge in [0.2, 0.25) is 5.91 Å². The molecule has 7 heteroatoms.